The van der Waals surface area contributed by atoms with E-state index >= 15 is 0 Å². The van der Waals surface area contributed by atoms with Crippen LogP contribution in [0.1, 0.15) is 39.2 Å². The van der Waals surface area contributed by atoms with Gasteiger partial charge in [0.15, 0.2) is 0 Å². The van der Waals surface area contributed by atoms with Crippen LogP contribution in [0.3, 0.4) is 0 Å². The average molecular weight is 204 g/mol. The Morgan fingerprint density at radius 3 is 2.60 bits per heavy atom. The zero-order chi connectivity index (χ0) is 11.3. The summed E-state index contributed by atoms with van der Waals surface area (Å²) in [5, 5.41) is 0. The van der Waals surface area contributed by atoms with Crippen LogP contribution in [0, 0.1) is 0 Å². The zero-order valence-corrected chi connectivity index (χ0v) is 9.92. The van der Waals surface area contributed by atoms with E-state index in [1.807, 2.05) is 30.3 Å². The molecular weight excluding hydrogens is 184 g/mol. The van der Waals surface area contributed by atoms with Gasteiger partial charge in [-0.15, -0.1) is 0 Å². The second-order valence-corrected chi connectivity index (χ2v) is 4.35. The first kappa shape index (κ1) is 11.8. The van der Waals surface area contributed by atoms with Crippen LogP contribution in [0.15, 0.2) is 30.8 Å². The molecule has 0 aromatic heterocycles. The molecule has 0 atom stereocenters. The second kappa shape index (κ2) is 5.01. The number of rotatable bonds is 5. The molecule has 1 nitrogen and oxygen atoms in total. The zero-order valence-electron chi connectivity index (χ0n) is 9.92. The topological polar surface area (TPSA) is 9.23 Å². The molecule has 0 unspecified atom stereocenters. The van der Waals surface area contributed by atoms with E-state index in [4.69, 9.17) is 4.74 Å². The molecule has 0 aliphatic rings. The van der Waals surface area contributed by atoms with Gasteiger partial charge in [-0.3, -0.25) is 0 Å². The van der Waals surface area contributed by atoms with Gasteiger partial charge in [0.25, 0.3) is 0 Å². The lowest BCUT2D eigenvalue weighted by atomic mass is 10.0. The molecular formula is C14H20O. The molecule has 0 radical (unpaired) electrons. The molecule has 1 aromatic carbocycles. The minimum absolute atomic E-state index is 0.103. The molecule has 1 aromatic rings. The molecule has 0 N–H and O–H groups in total. The lowest BCUT2D eigenvalue weighted by molar-refractivity contribution is 0.0983. The first-order chi connectivity index (χ1) is 7.09. The first-order valence-electron chi connectivity index (χ1n) is 5.49. The van der Waals surface area contributed by atoms with Gasteiger partial charge in [0.2, 0.25) is 0 Å². The molecule has 82 valence electrons. The van der Waals surface area contributed by atoms with Crippen molar-refractivity contribution in [3.63, 3.8) is 0 Å². The van der Waals surface area contributed by atoms with Gasteiger partial charge in [0.05, 0.1) is 0 Å². The standard InChI is InChI=1S/C14H20O/c1-5-11-14(3,4)15-13-10-8-7-9-12(13)6-2/h6-10H,2,5,11H2,1,3-4H3. The van der Waals surface area contributed by atoms with Crippen LogP contribution in [0.5, 0.6) is 5.75 Å². The van der Waals surface area contributed by atoms with Crippen molar-refractivity contribution < 1.29 is 4.74 Å². The maximum absolute atomic E-state index is 5.99. The summed E-state index contributed by atoms with van der Waals surface area (Å²) in [5.74, 6) is 0.922. The summed E-state index contributed by atoms with van der Waals surface area (Å²) in [6, 6.07) is 8.00. The van der Waals surface area contributed by atoms with Crippen LogP contribution < -0.4 is 4.74 Å². The summed E-state index contributed by atoms with van der Waals surface area (Å²) in [4.78, 5) is 0. The summed E-state index contributed by atoms with van der Waals surface area (Å²) in [6.45, 7) is 10.2. The fourth-order valence-corrected chi connectivity index (χ4v) is 1.69. The fourth-order valence-electron chi connectivity index (χ4n) is 1.69. The highest BCUT2D eigenvalue weighted by Crippen LogP contribution is 2.26. The van der Waals surface area contributed by atoms with Crippen LogP contribution in [-0.2, 0) is 0 Å². The lowest BCUT2D eigenvalue weighted by Gasteiger charge is -2.27. The van der Waals surface area contributed by atoms with E-state index in [1.165, 1.54) is 0 Å². The van der Waals surface area contributed by atoms with Crippen molar-refractivity contribution in [3.8, 4) is 5.75 Å². The van der Waals surface area contributed by atoms with Crippen molar-refractivity contribution in [2.75, 3.05) is 0 Å². The normalized spacial score (nSPS) is 11.1. The molecule has 0 saturated heterocycles. The van der Waals surface area contributed by atoms with Gasteiger partial charge in [0.1, 0.15) is 11.4 Å². The molecule has 1 heteroatoms. The van der Waals surface area contributed by atoms with Gasteiger partial charge >= 0.3 is 0 Å². The highest BCUT2D eigenvalue weighted by Gasteiger charge is 2.19. The van der Waals surface area contributed by atoms with Crippen LogP contribution in [0.2, 0.25) is 0 Å². The van der Waals surface area contributed by atoms with E-state index in [9.17, 15) is 0 Å². The summed E-state index contributed by atoms with van der Waals surface area (Å²) < 4.78 is 5.99. The molecule has 0 aliphatic heterocycles. The monoisotopic (exact) mass is 204 g/mol. The molecule has 0 fully saturated rings. The van der Waals surface area contributed by atoms with Crippen LogP contribution in [-0.4, -0.2) is 5.60 Å². The highest BCUT2D eigenvalue weighted by atomic mass is 16.5. The Bertz CT molecular complexity index is 326. The van der Waals surface area contributed by atoms with Crippen molar-refractivity contribution in [1.82, 2.24) is 0 Å². The van der Waals surface area contributed by atoms with Gasteiger partial charge < -0.3 is 4.74 Å². The molecule has 0 amide bonds. The van der Waals surface area contributed by atoms with Gasteiger partial charge in [-0.1, -0.05) is 44.2 Å². The summed E-state index contributed by atoms with van der Waals surface area (Å²) in [7, 11) is 0. The van der Waals surface area contributed by atoms with Gasteiger partial charge in [0, 0.05) is 5.56 Å². The third-order valence-electron chi connectivity index (χ3n) is 2.38. The molecule has 1 rings (SSSR count). The molecule has 15 heavy (non-hydrogen) atoms. The SMILES string of the molecule is C=Cc1ccccc1OC(C)(C)CCC. The fraction of sp³-hybridized carbons (Fsp3) is 0.429. The van der Waals surface area contributed by atoms with Crippen molar-refractivity contribution in [1.29, 1.82) is 0 Å². The van der Waals surface area contributed by atoms with E-state index in [0.29, 0.717) is 0 Å². The van der Waals surface area contributed by atoms with E-state index in [0.717, 1.165) is 24.2 Å². The Morgan fingerprint density at radius 2 is 2.00 bits per heavy atom. The van der Waals surface area contributed by atoms with Gasteiger partial charge in [-0.25, -0.2) is 0 Å². The molecule has 0 bridgehead atoms. The minimum Gasteiger partial charge on any atom is -0.487 e. The van der Waals surface area contributed by atoms with Crippen LogP contribution >= 0.6 is 0 Å². The Morgan fingerprint density at radius 1 is 1.33 bits per heavy atom. The quantitative estimate of drug-likeness (QED) is 0.695. The number of hydrogen-bond donors (Lipinski definition) is 0. The average Bonchev–Trinajstić information content (AvgIpc) is 2.17. The Hall–Kier alpha value is -1.24. The summed E-state index contributed by atoms with van der Waals surface area (Å²) >= 11 is 0. The van der Waals surface area contributed by atoms with Crippen LogP contribution in [0.4, 0.5) is 0 Å². The second-order valence-electron chi connectivity index (χ2n) is 4.35. The predicted octanol–water partition coefficient (Wildman–Crippen LogP) is 4.29. The minimum atomic E-state index is -0.103. The molecule has 0 heterocycles. The van der Waals surface area contributed by atoms with E-state index < -0.39 is 0 Å². The number of ether oxygens (including phenoxy) is 1. The van der Waals surface area contributed by atoms with E-state index in [1.54, 1.807) is 0 Å². The van der Waals surface area contributed by atoms with Crippen molar-refractivity contribution in [2.45, 2.75) is 39.2 Å². The number of benzene rings is 1. The maximum Gasteiger partial charge on any atom is 0.127 e. The van der Waals surface area contributed by atoms with E-state index in [2.05, 4.69) is 27.4 Å². The van der Waals surface area contributed by atoms with Crippen LogP contribution in [0.25, 0.3) is 6.08 Å². The maximum atomic E-state index is 5.99. The highest BCUT2D eigenvalue weighted by molar-refractivity contribution is 5.55. The molecule has 0 saturated carbocycles. The number of hydrogen-bond acceptors (Lipinski definition) is 1. The first-order valence-corrected chi connectivity index (χ1v) is 5.49. The smallest absolute Gasteiger partial charge is 0.127 e. The third-order valence-corrected chi connectivity index (χ3v) is 2.38. The van der Waals surface area contributed by atoms with E-state index in [-0.39, 0.29) is 5.60 Å². The molecule has 0 spiro atoms. The lowest BCUT2D eigenvalue weighted by Crippen LogP contribution is -2.28. The van der Waals surface area contributed by atoms with Crippen molar-refractivity contribution in [2.24, 2.45) is 0 Å². The Balaban J connectivity index is 2.83. The van der Waals surface area contributed by atoms with Gasteiger partial charge in [-0.05, 0) is 26.3 Å². The largest absolute Gasteiger partial charge is 0.487 e. The summed E-state index contributed by atoms with van der Waals surface area (Å²) in [6.07, 6.45) is 4.01. The Kier molecular flexibility index (Phi) is 3.96. The van der Waals surface area contributed by atoms with Crippen molar-refractivity contribution in [3.05, 3.63) is 36.4 Å². The van der Waals surface area contributed by atoms with Crippen molar-refractivity contribution >= 4 is 6.08 Å². The molecule has 0 aliphatic carbocycles. The predicted molar refractivity (Wildman–Crippen MR) is 66.1 cm³/mol. The van der Waals surface area contributed by atoms with Gasteiger partial charge in [-0.2, -0.15) is 0 Å². The third kappa shape index (κ3) is 3.43. The number of para-hydroxylation sites is 1. The Labute approximate surface area is 92.8 Å². The summed E-state index contributed by atoms with van der Waals surface area (Å²) in [5.41, 5.74) is 0.954.